The first-order valence-electron chi connectivity index (χ1n) is 7.65. The molecule has 2 aromatic rings. The Kier molecular flexibility index (Phi) is 6.64. The third-order valence-electron chi connectivity index (χ3n) is 3.44. The Morgan fingerprint density at radius 2 is 2.04 bits per heavy atom. The van der Waals surface area contributed by atoms with Crippen LogP contribution < -0.4 is 15.8 Å². The van der Waals surface area contributed by atoms with Crippen molar-refractivity contribution in [3.05, 3.63) is 51.3 Å². The fourth-order valence-electron chi connectivity index (χ4n) is 2.18. The van der Waals surface area contributed by atoms with E-state index >= 15 is 0 Å². The Morgan fingerprint density at radius 1 is 1.35 bits per heavy atom. The maximum atomic E-state index is 12.1. The van der Waals surface area contributed by atoms with Crippen molar-refractivity contribution in [1.82, 2.24) is 15.4 Å². The molecule has 2 rings (SSSR count). The van der Waals surface area contributed by atoms with E-state index in [1.165, 1.54) is 17.0 Å². The highest BCUT2D eigenvalue weighted by molar-refractivity contribution is 6.30. The van der Waals surface area contributed by atoms with Gasteiger partial charge in [0.25, 0.3) is 5.91 Å². The number of amides is 1. The Labute approximate surface area is 153 Å². The lowest BCUT2D eigenvalue weighted by Crippen LogP contribution is -2.32. The average molecular weight is 381 g/mol. The third kappa shape index (κ3) is 4.55. The molecule has 0 atom stereocenters. The number of rotatable bonds is 8. The van der Waals surface area contributed by atoms with Crippen LogP contribution >= 0.6 is 11.6 Å². The predicted octanol–water partition coefficient (Wildman–Crippen LogP) is 1.61. The van der Waals surface area contributed by atoms with E-state index in [1.807, 2.05) is 0 Å². The average Bonchev–Trinajstić information content (AvgIpc) is 2.64. The summed E-state index contributed by atoms with van der Waals surface area (Å²) in [6.45, 7) is 2.15. The first-order valence-corrected chi connectivity index (χ1v) is 8.02. The van der Waals surface area contributed by atoms with Crippen molar-refractivity contribution in [3.63, 3.8) is 0 Å². The van der Waals surface area contributed by atoms with Gasteiger partial charge in [-0.2, -0.15) is 0 Å². The summed E-state index contributed by atoms with van der Waals surface area (Å²) in [6.07, 6.45) is 1.14. The van der Waals surface area contributed by atoms with Gasteiger partial charge in [0.2, 0.25) is 11.6 Å². The van der Waals surface area contributed by atoms with Gasteiger partial charge in [-0.3, -0.25) is 25.8 Å². The highest BCUT2D eigenvalue weighted by atomic mass is 35.5. The molecule has 26 heavy (non-hydrogen) atoms. The van der Waals surface area contributed by atoms with Crippen LogP contribution in [0, 0.1) is 10.1 Å². The largest absolute Gasteiger partial charge is 0.395 e. The third-order valence-corrected chi connectivity index (χ3v) is 3.69. The maximum absolute atomic E-state index is 12.1. The van der Waals surface area contributed by atoms with Crippen LogP contribution in [0.5, 0.6) is 0 Å². The number of aliphatic hydroxyl groups is 1. The summed E-state index contributed by atoms with van der Waals surface area (Å²) in [5.41, 5.74) is 4.72. The lowest BCUT2D eigenvalue weighted by Gasteiger charge is -2.20. The smallest absolute Gasteiger partial charge is 0.355 e. The molecule has 1 heterocycles. The highest BCUT2D eigenvalue weighted by Gasteiger charge is 2.26. The molecule has 0 spiro atoms. The lowest BCUT2D eigenvalue weighted by molar-refractivity contribution is -0.383. The SMILES string of the molecule is CCN(CCO)c1ncnc(NNC(=O)c2ccc(Cl)cc2)c1[N+](=O)[O-]. The molecule has 0 aliphatic rings. The number of benzene rings is 1. The van der Waals surface area contributed by atoms with Crippen molar-refractivity contribution in [2.45, 2.75) is 6.92 Å². The van der Waals surface area contributed by atoms with Gasteiger partial charge in [0, 0.05) is 23.7 Å². The Balaban J connectivity index is 2.24. The van der Waals surface area contributed by atoms with E-state index < -0.39 is 16.5 Å². The number of hydrazine groups is 1. The standard InChI is InChI=1S/C15H17ClN6O4/c1-2-21(7-8-23)14-12(22(25)26)13(17-9-18-14)19-20-15(24)10-3-5-11(16)6-4-10/h3-6,9,23H,2,7-8H2,1H3,(H,20,24)(H,17,18,19). The molecule has 10 nitrogen and oxygen atoms in total. The minimum absolute atomic E-state index is 0.0461. The van der Waals surface area contributed by atoms with Gasteiger partial charge in [-0.05, 0) is 31.2 Å². The van der Waals surface area contributed by atoms with Crippen molar-refractivity contribution in [1.29, 1.82) is 0 Å². The summed E-state index contributed by atoms with van der Waals surface area (Å²) in [5, 5.41) is 21.1. The molecule has 0 unspecified atom stereocenters. The van der Waals surface area contributed by atoms with Gasteiger partial charge in [-0.25, -0.2) is 9.97 Å². The van der Waals surface area contributed by atoms with Crippen LogP contribution in [0.2, 0.25) is 5.02 Å². The molecule has 3 N–H and O–H groups in total. The summed E-state index contributed by atoms with van der Waals surface area (Å²) >= 11 is 5.77. The van der Waals surface area contributed by atoms with Crippen LogP contribution in [-0.2, 0) is 0 Å². The second kappa shape index (κ2) is 8.92. The first kappa shape index (κ1) is 19.3. The van der Waals surface area contributed by atoms with Crippen molar-refractivity contribution >= 4 is 34.8 Å². The zero-order valence-corrected chi connectivity index (χ0v) is 14.6. The number of carbonyl (C=O) groups excluding carboxylic acids is 1. The normalized spacial score (nSPS) is 10.3. The number of halogens is 1. The molecule has 0 aliphatic heterocycles. The Hall–Kier alpha value is -2.98. The number of anilines is 2. The number of carbonyl (C=O) groups is 1. The number of aromatic nitrogens is 2. The first-order chi connectivity index (χ1) is 12.5. The molecule has 0 radical (unpaired) electrons. The summed E-state index contributed by atoms with van der Waals surface area (Å²) in [5.74, 6) is -0.637. The number of likely N-dealkylation sites (N-methyl/N-ethyl adjacent to an activating group) is 1. The molecule has 11 heteroatoms. The minimum atomic E-state index is -0.647. The molecule has 0 bridgehead atoms. The number of nitro groups is 1. The van der Waals surface area contributed by atoms with Gasteiger partial charge in [-0.15, -0.1) is 0 Å². The minimum Gasteiger partial charge on any atom is -0.395 e. The molecular formula is C15H17ClN6O4. The van der Waals surface area contributed by atoms with E-state index in [2.05, 4.69) is 20.8 Å². The summed E-state index contributed by atoms with van der Waals surface area (Å²) in [6, 6.07) is 6.13. The number of hydrogen-bond acceptors (Lipinski definition) is 8. The van der Waals surface area contributed by atoms with Crippen LogP contribution in [0.25, 0.3) is 0 Å². The van der Waals surface area contributed by atoms with E-state index in [4.69, 9.17) is 16.7 Å². The topological polar surface area (TPSA) is 134 Å². The molecule has 0 aliphatic carbocycles. The number of nitrogens with zero attached hydrogens (tertiary/aromatic N) is 4. The van der Waals surface area contributed by atoms with Crippen molar-refractivity contribution in [2.24, 2.45) is 0 Å². The fraction of sp³-hybridized carbons (Fsp3) is 0.267. The van der Waals surface area contributed by atoms with Crippen LogP contribution in [-0.4, -0.2) is 45.6 Å². The molecule has 1 amide bonds. The van der Waals surface area contributed by atoms with Crippen molar-refractivity contribution in [3.8, 4) is 0 Å². The van der Waals surface area contributed by atoms with Crippen molar-refractivity contribution < 1.29 is 14.8 Å². The molecular weight excluding hydrogens is 364 g/mol. The second-order valence-corrected chi connectivity index (χ2v) is 5.48. The van der Waals surface area contributed by atoms with Gasteiger partial charge in [0.05, 0.1) is 11.5 Å². The van der Waals surface area contributed by atoms with Crippen molar-refractivity contribution in [2.75, 3.05) is 30.0 Å². The molecule has 1 aromatic carbocycles. The van der Waals surface area contributed by atoms with E-state index in [9.17, 15) is 14.9 Å². The number of hydrogen-bond donors (Lipinski definition) is 3. The second-order valence-electron chi connectivity index (χ2n) is 5.04. The Morgan fingerprint density at radius 3 is 2.62 bits per heavy atom. The quantitative estimate of drug-likeness (QED) is 0.464. The zero-order chi connectivity index (χ0) is 19.1. The van der Waals surface area contributed by atoms with Crippen LogP contribution in [0.15, 0.2) is 30.6 Å². The van der Waals surface area contributed by atoms with Crippen LogP contribution in [0.3, 0.4) is 0 Å². The van der Waals surface area contributed by atoms with Gasteiger partial charge in [-0.1, -0.05) is 11.6 Å². The van der Waals surface area contributed by atoms with Crippen LogP contribution in [0.1, 0.15) is 17.3 Å². The van der Waals surface area contributed by atoms with Gasteiger partial charge in [0.1, 0.15) is 6.33 Å². The lowest BCUT2D eigenvalue weighted by atomic mass is 10.2. The molecule has 0 fully saturated rings. The monoisotopic (exact) mass is 380 g/mol. The van der Waals surface area contributed by atoms with E-state index in [-0.39, 0.29) is 24.8 Å². The maximum Gasteiger partial charge on any atom is 0.355 e. The predicted molar refractivity (Wildman–Crippen MR) is 96.2 cm³/mol. The molecule has 1 aromatic heterocycles. The molecule has 0 saturated carbocycles. The number of aliphatic hydroxyl groups excluding tert-OH is 1. The summed E-state index contributed by atoms with van der Waals surface area (Å²) in [4.78, 5) is 32.3. The van der Waals surface area contributed by atoms with Gasteiger partial charge >= 0.3 is 5.69 Å². The number of nitrogens with one attached hydrogen (secondary N) is 2. The molecule has 0 saturated heterocycles. The fourth-order valence-corrected chi connectivity index (χ4v) is 2.31. The summed E-state index contributed by atoms with van der Waals surface area (Å²) in [7, 11) is 0. The Bertz CT molecular complexity index is 786. The van der Waals surface area contributed by atoms with E-state index in [0.29, 0.717) is 17.1 Å². The van der Waals surface area contributed by atoms with Gasteiger partial charge < -0.3 is 10.0 Å². The van der Waals surface area contributed by atoms with E-state index in [1.54, 1.807) is 19.1 Å². The highest BCUT2D eigenvalue weighted by Crippen LogP contribution is 2.31. The molecule has 138 valence electrons. The zero-order valence-electron chi connectivity index (χ0n) is 13.8. The van der Waals surface area contributed by atoms with Crippen LogP contribution in [0.4, 0.5) is 17.3 Å². The van der Waals surface area contributed by atoms with E-state index in [0.717, 1.165) is 6.33 Å². The van der Waals surface area contributed by atoms with Gasteiger partial charge in [0.15, 0.2) is 0 Å². The summed E-state index contributed by atoms with van der Waals surface area (Å²) < 4.78 is 0.